The molecule has 0 aliphatic carbocycles. The fourth-order valence-electron chi connectivity index (χ4n) is 0.971. The molecule has 0 fully saturated rings. The zero-order valence-electron chi connectivity index (χ0n) is 6.32. The van der Waals surface area contributed by atoms with Crippen molar-refractivity contribution in [3.8, 4) is 0 Å². The summed E-state index contributed by atoms with van der Waals surface area (Å²) >= 11 is 1.79. The third-order valence-corrected chi connectivity index (χ3v) is 2.37. The van der Waals surface area contributed by atoms with Crippen LogP contribution < -0.4 is 0 Å². The number of benzene rings is 1. The molecule has 0 atom stereocenters. The van der Waals surface area contributed by atoms with Crippen LogP contribution in [-0.4, -0.2) is 9.68 Å². The molecule has 1 rings (SSSR count). The number of aliphatic hydroxyl groups excluding tert-OH is 1. The van der Waals surface area contributed by atoms with E-state index >= 15 is 0 Å². The molecule has 0 unspecified atom stereocenters. The van der Waals surface area contributed by atoms with Gasteiger partial charge in [-0.3, -0.25) is 0 Å². The quantitative estimate of drug-likeness (QED) is 0.866. The standard InChI is InChI=1S/C9H10O.Os/c1-7-3-4-8(2)9(5-7)6-10;/h2-5,10H,6H2,1H3;. The van der Waals surface area contributed by atoms with E-state index in [1.54, 1.807) is 18.1 Å². The van der Waals surface area contributed by atoms with Crippen LogP contribution in [0.4, 0.5) is 0 Å². The molecule has 1 aromatic rings. The van der Waals surface area contributed by atoms with Gasteiger partial charge in [-0.1, -0.05) is 0 Å². The first-order valence-corrected chi connectivity index (χ1v) is 4.87. The van der Waals surface area contributed by atoms with Gasteiger partial charge >= 0.3 is 76.2 Å². The van der Waals surface area contributed by atoms with Crippen LogP contribution in [0.3, 0.4) is 0 Å². The predicted molar refractivity (Wildman–Crippen MR) is 42.3 cm³/mol. The molecule has 0 saturated carbocycles. The second-order valence-corrected chi connectivity index (χ2v) is 3.20. The Balaban J connectivity index is 3.16. The van der Waals surface area contributed by atoms with E-state index in [1.165, 1.54) is 5.56 Å². The summed E-state index contributed by atoms with van der Waals surface area (Å²) in [6, 6.07) is 6.10. The van der Waals surface area contributed by atoms with Crippen LogP contribution in [0, 0.1) is 6.92 Å². The summed E-state index contributed by atoms with van der Waals surface area (Å²) in [6.45, 7) is 2.16. The Morgan fingerprint density at radius 2 is 2.27 bits per heavy atom. The van der Waals surface area contributed by atoms with Crippen molar-refractivity contribution in [2.24, 2.45) is 0 Å². The Bertz CT molecular complexity index is 268. The van der Waals surface area contributed by atoms with Crippen LogP contribution in [0.1, 0.15) is 16.7 Å². The van der Waals surface area contributed by atoms with E-state index in [4.69, 9.17) is 5.11 Å². The van der Waals surface area contributed by atoms with Crippen molar-refractivity contribution in [3.63, 3.8) is 0 Å². The second-order valence-electron chi connectivity index (χ2n) is 2.46. The van der Waals surface area contributed by atoms with E-state index < -0.39 is 0 Å². The van der Waals surface area contributed by atoms with E-state index in [-0.39, 0.29) is 6.61 Å². The molecule has 0 aromatic heterocycles. The van der Waals surface area contributed by atoms with Gasteiger partial charge in [0.2, 0.25) is 0 Å². The van der Waals surface area contributed by atoms with Crippen LogP contribution >= 0.6 is 0 Å². The van der Waals surface area contributed by atoms with Crippen LogP contribution in [0.15, 0.2) is 18.2 Å². The molecular weight excluding hydrogens is 314 g/mol. The molecule has 11 heavy (non-hydrogen) atoms. The van der Waals surface area contributed by atoms with Gasteiger partial charge in [0.15, 0.2) is 0 Å². The Morgan fingerprint density at radius 3 is 2.82 bits per heavy atom. The van der Waals surface area contributed by atoms with Crippen molar-refractivity contribution < 1.29 is 23.3 Å². The Morgan fingerprint density at radius 1 is 1.55 bits per heavy atom. The summed E-state index contributed by atoms with van der Waals surface area (Å²) in [4.78, 5) is 0. The molecule has 0 aliphatic heterocycles. The zero-order chi connectivity index (χ0) is 8.27. The summed E-state index contributed by atoms with van der Waals surface area (Å²) < 4.78 is 2.03. The summed E-state index contributed by atoms with van der Waals surface area (Å²) in [6.07, 6.45) is 0. The van der Waals surface area contributed by atoms with Gasteiger partial charge in [-0.05, 0) is 0 Å². The molecule has 0 amide bonds. The number of aryl methyl sites for hydroxylation is 1. The Hall–Kier alpha value is -0.314. The average molecular weight is 324 g/mol. The fraction of sp³-hybridized carbons (Fsp3) is 0.222. The summed E-state index contributed by atoms with van der Waals surface area (Å²) in [5.74, 6) is 0. The van der Waals surface area contributed by atoms with Crippen molar-refractivity contribution in [2.75, 3.05) is 0 Å². The average Bonchev–Trinajstić information content (AvgIpc) is 2.04. The van der Waals surface area contributed by atoms with Gasteiger partial charge in [0.05, 0.1) is 0 Å². The molecule has 1 N–H and O–H groups in total. The number of rotatable bonds is 2. The van der Waals surface area contributed by atoms with Crippen molar-refractivity contribution >= 4 is 4.57 Å². The molecule has 2 heteroatoms. The van der Waals surface area contributed by atoms with E-state index in [2.05, 4.69) is 6.07 Å². The summed E-state index contributed by atoms with van der Waals surface area (Å²) in [5, 5.41) is 8.96. The molecule has 1 nitrogen and oxygen atoms in total. The van der Waals surface area contributed by atoms with Gasteiger partial charge in [0, 0.05) is 0 Å². The van der Waals surface area contributed by atoms with Crippen LogP contribution in [-0.2, 0) is 24.8 Å². The van der Waals surface area contributed by atoms with Gasteiger partial charge in [-0.25, -0.2) is 0 Å². The molecule has 0 saturated heterocycles. The normalized spacial score (nSPS) is 9.73. The van der Waals surface area contributed by atoms with Gasteiger partial charge in [0.25, 0.3) is 0 Å². The maximum atomic E-state index is 8.96. The van der Waals surface area contributed by atoms with Gasteiger partial charge in [0.1, 0.15) is 0 Å². The maximum absolute atomic E-state index is 8.96. The molecule has 0 spiro atoms. The Kier molecular flexibility index (Phi) is 3.11. The Labute approximate surface area is 76.5 Å². The van der Waals surface area contributed by atoms with Gasteiger partial charge < -0.3 is 0 Å². The van der Waals surface area contributed by atoms with E-state index in [0.29, 0.717) is 0 Å². The number of aliphatic hydroxyl groups is 1. The van der Waals surface area contributed by atoms with Crippen molar-refractivity contribution in [1.82, 2.24) is 0 Å². The topological polar surface area (TPSA) is 20.2 Å². The monoisotopic (exact) mass is 326 g/mol. The first-order chi connectivity index (χ1) is 5.27. The minimum atomic E-state index is 0.131. The van der Waals surface area contributed by atoms with E-state index in [1.807, 2.05) is 23.6 Å². The number of hydrogen-bond donors (Lipinski definition) is 1. The molecule has 60 valence electrons. The summed E-state index contributed by atoms with van der Waals surface area (Å²) in [5.41, 5.74) is 3.35. The van der Waals surface area contributed by atoms with E-state index in [9.17, 15) is 0 Å². The zero-order valence-corrected chi connectivity index (χ0v) is 8.86. The van der Waals surface area contributed by atoms with Crippen molar-refractivity contribution in [2.45, 2.75) is 13.5 Å². The third kappa shape index (κ3) is 2.06. The molecule has 0 heterocycles. The van der Waals surface area contributed by atoms with Crippen molar-refractivity contribution in [3.05, 3.63) is 34.9 Å². The van der Waals surface area contributed by atoms with Crippen LogP contribution in [0.2, 0.25) is 0 Å². The first kappa shape index (κ1) is 8.78. The summed E-state index contributed by atoms with van der Waals surface area (Å²) in [7, 11) is 0. The first-order valence-electron chi connectivity index (χ1n) is 3.40. The van der Waals surface area contributed by atoms with Gasteiger partial charge in [-0.2, -0.15) is 0 Å². The molecule has 1 aromatic carbocycles. The van der Waals surface area contributed by atoms with E-state index in [0.717, 1.165) is 11.1 Å². The molecule has 0 aliphatic rings. The van der Waals surface area contributed by atoms with Crippen molar-refractivity contribution in [1.29, 1.82) is 0 Å². The van der Waals surface area contributed by atoms with Crippen LogP contribution in [0.5, 0.6) is 0 Å². The molecule has 0 radical (unpaired) electrons. The van der Waals surface area contributed by atoms with Crippen LogP contribution in [0.25, 0.3) is 0 Å². The molecule has 0 bridgehead atoms. The number of hydrogen-bond acceptors (Lipinski definition) is 1. The fourth-order valence-corrected chi connectivity index (χ4v) is 1.69. The molecular formula is C9H10OOs. The second kappa shape index (κ2) is 3.90. The predicted octanol–water partition coefficient (Wildman–Crippen LogP) is 1.18. The van der Waals surface area contributed by atoms with Gasteiger partial charge in [-0.15, -0.1) is 0 Å². The minimum absolute atomic E-state index is 0.131. The third-order valence-electron chi connectivity index (χ3n) is 1.58. The SMILES string of the molecule is Cc1ccc([CH]=[Os])c(CO)c1.